The molecule has 0 aliphatic carbocycles. The molecule has 3 rings (SSSR count). The summed E-state index contributed by atoms with van der Waals surface area (Å²) in [6.07, 6.45) is 2.01. The number of hydrogen-bond acceptors (Lipinski definition) is 7. The molecule has 4 N–H and O–H groups in total. The van der Waals surface area contributed by atoms with Crippen LogP contribution in [0.3, 0.4) is 0 Å². The minimum atomic E-state index is -1.29. The second kappa shape index (κ2) is 13.3. The zero-order chi connectivity index (χ0) is 26.8. The van der Waals surface area contributed by atoms with Gasteiger partial charge < -0.3 is 30.3 Å². The molecule has 1 aliphatic heterocycles. The van der Waals surface area contributed by atoms with Crippen LogP contribution in [0.15, 0.2) is 54.6 Å². The molecule has 0 radical (unpaired) electrons. The lowest BCUT2D eigenvalue weighted by Gasteiger charge is -2.24. The SMILES string of the molecule is CC(C)C[C@H](NC(=O)[C@H](CO)NC(=O)c1cccc(OCCCc2ccccc2)c1)C(=O)C1(CO)CO1. The first kappa shape index (κ1) is 28.3. The minimum absolute atomic E-state index is 0.0707. The monoisotopic (exact) mass is 512 g/mol. The number of aryl methyl sites for hydroxylation is 1. The zero-order valence-corrected chi connectivity index (χ0v) is 21.3. The van der Waals surface area contributed by atoms with E-state index in [0.29, 0.717) is 18.8 Å². The van der Waals surface area contributed by atoms with Gasteiger partial charge in [0, 0.05) is 5.56 Å². The Bertz CT molecular complexity index is 1050. The van der Waals surface area contributed by atoms with Crippen LogP contribution in [0.2, 0.25) is 0 Å². The summed E-state index contributed by atoms with van der Waals surface area (Å²) >= 11 is 0. The van der Waals surface area contributed by atoms with E-state index in [1.54, 1.807) is 24.3 Å². The van der Waals surface area contributed by atoms with Crippen molar-refractivity contribution in [3.8, 4) is 5.75 Å². The van der Waals surface area contributed by atoms with Crippen LogP contribution in [0.25, 0.3) is 0 Å². The third-order valence-corrected chi connectivity index (χ3v) is 6.16. The van der Waals surface area contributed by atoms with Gasteiger partial charge in [0.1, 0.15) is 11.8 Å². The van der Waals surface area contributed by atoms with E-state index < -0.39 is 48.5 Å². The summed E-state index contributed by atoms with van der Waals surface area (Å²) in [7, 11) is 0. The van der Waals surface area contributed by atoms with E-state index in [9.17, 15) is 24.6 Å². The van der Waals surface area contributed by atoms with Crippen LogP contribution >= 0.6 is 0 Å². The predicted octanol–water partition coefficient (Wildman–Crippen LogP) is 1.65. The molecule has 9 heteroatoms. The number of aliphatic hydroxyl groups is 2. The largest absolute Gasteiger partial charge is 0.494 e. The van der Waals surface area contributed by atoms with Crippen molar-refractivity contribution in [1.82, 2.24) is 10.6 Å². The average molecular weight is 513 g/mol. The van der Waals surface area contributed by atoms with Gasteiger partial charge in [-0.3, -0.25) is 14.4 Å². The Hall–Kier alpha value is -3.27. The fraction of sp³-hybridized carbons (Fsp3) is 0.464. The van der Waals surface area contributed by atoms with Gasteiger partial charge in [-0.15, -0.1) is 0 Å². The average Bonchev–Trinajstić information content (AvgIpc) is 3.70. The molecule has 0 bridgehead atoms. The van der Waals surface area contributed by atoms with Crippen molar-refractivity contribution >= 4 is 17.6 Å². The lowest BCUT2D eigenvalue weighted by atomic mass is 9.92. The molecule has 1 aliphatic rings. The van der Waals surface area contributed by atoms with Crippen molar-refractivity contribution in [3.63, 3.8) is 0 Å². The summed E-state index contributed by atoms with van der Waals surface area (Å²) in [5, 5.41) is 24.4. The molecule has 0 saturated carbocycles. The van der Waals surface area contributed by atoms with Gasteiger partial charge in [0.2, 0.25) is 5.91 Å². The number of amides is 2. The van der Waals surface area contributed by atoms with E-state index in [4.69, 9.17) is 9.47 Å². The van der Waals surface area contributed by atoms with E-state index in [1.165, 1.54) is 5.56 Å². The fourth-order valence-electron chi connectivity index (χ4n) is 3.97. The number of hydrogen-bond donors (Lipinski definition) is 4. The lowest BCUT2D eigenvalue weighted by molar-refractivity contribution is -0.133. The number of nitrogens with one attached hydrogen (secondary N) is 2. The van der Waals surface area contributed by atoms with Crippen LogP contribution in [0.5, 0.6) is 5.75 Å². The molecule has 2 amide bonds. The van der Waals surface area contributed by atoms with E-state index in [1.807, 2.05) is 32.0 Å². The number of epoxide rings is 1. The third-order valence-electron chi connectivity index (χ3n) is 6.16. The topological polar surface area (TPSA) is 137 Å². The van der Waals surface area contributed by atoms with Gasteiger partial charge in [0.05, 0.1) is 32.5 Å². The van der Waals surface area contributed by atoms with Crippen LogP contribution in [0.1, 0.15) is 42.6 Å². The van der Waals surface area contributed by atoms with Crippen molar-refractivity contribution in [3.05, 3.63) is 65.7 Å². The first-order valence-electron chi connectivity index (χ1n) is 12.6. The maximum atomic E-state index is 12.9. The molecular weight excluding hydrogens is 476 g/mol. The molecule has 1 saturated heterocycles. The van der Waals surface area contributed by atoms with Gasteiger partial charge in [-0.2, -0.15) is 0 Å². The van der Waals surface area contributed by atoms with Gasteiger partial charge in [0.25, 0.3) is 5.91 Å². The van der Waals surface area contributed by atoms with Crippen molar-refractivity contribution in [1.29, 1.82) is 0 Å². The van der Waals surface area contributed by atoms with Crippen molar-refractivity contribution in [2.75, 3.05) is 26.4 Å². The number of carbonyl (C=O) groups is 3. The van der Waals surface area contributed by atoms with E-state index in [2.05, 4.69) is 22.8 Å². The quantitative estimate of drug-likeness (QED) is 0.210. The maximum absolute atomic E-state index is 12.9. The van der Waals surface area contributed by atoms with Crippen molar-refractivity contribution < 1.29 is 34.1 Å². The van der Waals surface area contributed by atoms with Crippen molar-refractivity contribution in [2.24, 2.45) is 5.92 Å². The van der Waals surface area contributed by atoms with Crippen LogP contribution < -0.4 is 15.4 Å². The maximum Gasteiger partial charge on any atom is 0.252 e. The summed E-state index contributed by atoms with van der Waals surface area (Å²) < 4.78 is 10.9. The smallest absolute Gasteiger partial charge is 0.252 e. The molecular formula is C28H36N2O7. The number of benzene rings is 2. The molecule has 3 atom stereocenters. The Labute approximate surface area is 217 Å². The highest BCUT2D eigenvalue weighted by Gasteiger charge is 2.54. The summed E-state index contributed by atoms with van der Waals surface area (Å²) in [5.74, 6) is -1.09. The molecule has 2 aromatic rings. The second-order valence-corrected chi connectivity index (χ2v) is 9.67. The predicted molar refractivity (Wildman–Crippen MR) is 137 cm³/mol. The van der Waals surface area contributed by atoms with E-state index in [0.717, 1.165) is 12.8 Å². The molecule has 1 heterocycles. The number of Topliss-reactive ketones (excluding diaryl/α,β-unsaturated/α-hetero) is 1. The third kappa shape index (κ3) is 8.11. The Morgan fingerprint density at radius 2 is 1.76 bits per heavy atom. The lowest BCUT2D eigenvalue weighted by Crippen LogP contribution is -2.55. The van der Waals surface area contributed by atoms with Crippen molar-refractivity contribution in [2.45, 2.75) is 50.8 Å². The van der Waals surface area contributed by atoms with Crippen LogP contribution in [0, 0.1) is 5.92 Å². The van der Waals surface area contributed by atoms with Gasteiger partial charge in [0.15, 0.2) is 11.4 Å². The Balaban J connectivity index is 1.55. The number of ketones is 1. The molecule has 2 aromatic carbocycles. The van der Waals surface area contributed by atoms with Gasteiger partial charge in [-0.1, -0.05) is 50.2 Å². The van der Waals surface area contributed by atoms with Crippen LogP contribution in [0.4, 0.5) is 0 Å². The molecule has 1 unspecified atom stereocenters. The molecule has 9 nitrogen and oxygen atoms in total. The summed E-state index contributed by atoms with van der Waals surface area (Å²) in [6.45, 7) is 3.24. The summed E-state index contributed by atoms with van der Waals surface area (Å²) in [4.78, 5) is 38.5. The number of aliphatic hydroxyl groups excluding tert-OH is 2. The normalized spacial score (nSPS) is 18.1. The molecule has 0 aromatic heterocycles. The molecule has 1 fully saturated rings. The van der Waals surface area contributed by atoms with Gasteiger partial charge in [-0.25, -0.2) is 0 Å². The van der Waals surface area contributed by atoms with E-state index in [-0.39, 0.29) is 18.1 Å². The highest BCUT2D eigenvalue weighted by atomic mass is 16.6. The minimum Gasteiger partial charge on any atom is -0.494 e. The van der Waals surface area contributed by atoms with Crippen LogP contribution in [-0.2, 0) is 20.7 Å². The van der Waals surface area contributed by atoms with E-state index >= 15 is 0 Å². The number of carbonyl (C=O) groups excluding carboxylic acids is 3. The Morgan fingerprint density at radius 3 is 2.38 bits per heavy atom. The molecule has 200 valence electrons. The highest BCUT2D eigenvalue weighted by Crippen LogP contribution is 2.30. The highest BCUT2D eigenvalue weighted by molar-refractivity contribution is 6.00. The van der Waals surface area contributed by atoms with Crippen LogP contribution in [-0.4, -0.2) is 71.9 Å². The first-order valence-corrected chi connectivity index (χ1v) is 12.6. The second-order valence-electron chi connectivity index (χ2n) is 9.67. The standard InChI is InChI=1S/C28H36N2O7/c1-19(2)14-23(25(33)28(17-32)18-37-28)29-27(35)24(16-31)30-26(34)21-11-6-12-22(15-21)36-13-7-10-20-8-4-3-5-9-20/h3-6,8-9,11-12,15,19,23-24,31-32H,7,10,13-14,16-18H2,1-2H3,(H,29,35)(H,30,34)/t23-,24-,28?/m0/s1. The molecule has 0 spiro atoms. The van der Waals surface area contributed by atoms with Gasteiger partial charge in [-0.05, 0) is 48.9 Å². The number of rotatable bonds is 15. The van der Waals surface area contributed by atoms with Gasteiger partial charge >= 0.3 is 0 Å². The molecule has 37 heavy (non-hydrogen) atoms. The summed E-state index contributed by atoms with van der Waals surface area (Å²) in [5.41, 5.74) is 0.208. The number of ether oxygens (including phenoxy) is 2. The zero-order valence-electron chi connectivity index (χ0n) is 21.3. The fourth-order valence-corrected chi connectivity index (χ4v) is 3.97. The Morgan fingerprint density at radius 1 is 1.03 bits per heavy atom. The first-order chi connectivity index (χ1) is 17.8. The Kier molecular flexibility index (Phi) is 10.2. The summed E-state index contributed by atoms with van der Waals surface area (Å²) in [6, 6.07) is 14.5.